The lowest BCUT2D eigenvalue weighted by Crippen LogP contribution is -2.50. The fraction of sp³-hybridized carbons (Fsp3) is 0.625. The van der Waals surface area contributed by atoms with Gasteiger partial charge in [0.15, 0.2) is 0 Å². The Morgan fingerprint density at radius 1 is 1.23 bits per heavy atom. The van der Waals surface area contributed by atoms with Crippen molar-refractivity contribution in [2.75, 3.05) is 26.2 Å². The molecular weight excluding hydrogens is 298 g/mol. The van der Waals surface area contributed by atoms with E-state index in [-0.39, 0.29) is 17.9 Å². The van der Waals surface area contributed by atoms with Crippen LogP contribution in [0.5, 0.6) is 0 Å². The van der Waals surface area contributed by atoms with Crippen LogP contribution < -0.4 is 5.73 Å². The number of nitrogens with zero attached hydrogens (tertiary/aromatic N) is 2. The molecule has 2 fully saturated rings. The molecular formula is C16H23N3O2S. The molecule has 22 heavy (non-hydrogen) atoms. The van der Waals surface area contributed by atoms with Gasteiger partial charge in [-0.3, -0.25) is 9.59 Å². The van der Waals surface area contributed by atoms with Crippen LogP contribution in [-0.2, 0) is 4.79 Å². The number of nitrogens with two attached hydrogens (primary N) is 1. The summed E-state index contributed by atoms with van der Waals surface area (Å²) < 4.78 is 0. The third kappa shape index (κ3) is 3.03. The van der Waals surface area contributed by atoms with Crippen molar-refractivity contribution in [3.8, 4) is 0 Å². The average molecular weight is 321 g/mol. The van der Waals surface area contributed by atoms with Crippen LogP contribution in [-0.4, -0.2) is 53.8 Å². The molecule has 2 aliphatic heterocycles. The van der Waals surface area contributed by atoms with Gasteiger partial charge in [-0.25, -0.2) is 0 Å². The Morgan fingerprint density at radius 2 is 2.00 bits per heavy atom. The highest BCUT2D eigenvalue weighted by Gasteiger charge is 2.37. The number of rotatable bonds is 3. The first kappa shape index (κ1) is 15.5. The average Bonchev–Trinajstić information content (AvgIpc) is 3.25. The highest BCUT2D eigenvalue weighted by Crippen LogP contribution is 2.25. The zero-order valence-electron chi connectivity index (χ0n) is 12.7. The SMILES string of the molecule is NCC1CCN(C(=O)C2CCCN2C(=O)c2cccs2)CC1. The Bertz CT molecular complexity index is 524. The van der Waals surface area contributed by atoms with E-state index in [4.69, 9.17) is 5.73 Å². The molecule has 0 saturated carbocycles. The van der Waals surface area contributed by atoms with Crippen molar-refractivity contribution in [3.63, 3.8) is 0 Å². The topological polar surface area (TPSA) is 66.6 Å². The fourth-order valence-corrected chi connectivity index (χ4v) is 4.09. The normalized spacial score (nSPS) is 23.0. The van der Waals surface area contributed by atoms with Gasteiger partial charge in [-0.1, -0.05) is 6.07 Å². The molecule has 3 heterocycles. The summed E-state index contributed by atoms with van der Waals surface area (Å²) in [5.41, 5.74) is 5.71. The third-order valence-electron chi connectivity index (χ3n) is 4.79. The fourth-order valence-electron chi connectivity index (χ4n) is 3.41. The second-order valence-corrected chi connectivity index (χ2v) is 7.09. The smallest absolute Gasteiger partial charge is 0.264 e. The van der Waals surface area contributed by atoms with Gasteiger partial charge in [-0.15, -0.1) is 11.3 Å². The van der Waals surface area contributed by atoms with Crippen LogP contribution in [0.15, 0.2) is 17.5 Å². The van der Waals surface area contributed by atoms with Crippen LogP contribution in [0.1, 0.15) is 35.4 Å². The predicted molar refractivity (Wildman–Crippen MR) is 86.7 cm³/mol. The minimum Gasteiger partial charge on any atom is -0.341 e. The minimum absolute atomic E-state index is 0.00249. The van der Waals surface area contributed by atoms with E-state index in [1.807, 2.05) is 22.4 Å². The van der Waals surface area contributed by atoms with Crippen LogP contribution in [0.3, 0.4) is 0 Å². The molecule has 2 aliphatic rings. The molecule has 2 N–H and O–H groups in total. The summed E-state index contributed by atoms with van der Waals surface area (Å²) in [5, 5.41) is 1.90. The predicted octanol–water partition coefficient (Wildman–Crippen LogP) is 1.55. The molecule has 0 radical (unpaired) electrons. The maximum Gasteiger partial charge on any atom is 0.264 e. The van der Waals surface area contributed by atoms with E-state index in [2.05, 4.69) is 0 Å². The summed E-state index contributed by atoms with van der Waals surface area (Å²) in [7, 11) is 0. The van der Waals surface area contributed by atoms with Crippen molar-refractivity contribution in [3.05, 3.63) is 22.4 Å². The highest BCUT2D eigenvalue weighted by atomic mass is 32.1. The number of hydrogen-bond donors (Lipinski definition) is 1. The van der Waals surface area contributed by atoms with Crippen LogP contribution in [0, 0.1) is 5.92 Å². The lowest BCUT2D eigenvalue weighted by atomic mass is 9.96. The maximum absolute atomic E-state index is 12.8. The zero-order chi connectivity index (χ0) is 15.5. The molecule has 6 heteroatoms. The second kappa shape index (κ2) is 6.79. The monoisotopic (exact) mass is 321 g/mol. The summed E-state index contributed by atoms with van der Waals surface area (Å²) in [6.07, 6.45) is 3.65. The molecule has 0 bridgehead atoms. The Kier molecular flexibility index (Phi) is 4.78. The third-order valence-corrected chi connectivity index (χ3v) is 5.65. The molecule has 2 amide bonds. The Morgan fingerprint density at radius 3 is 2.64 bits per heavy atom. The first-order valence-electron chi connectivity index (χ1n) is 8.04. The van der Waals surface area contributed by atoms with Crippen molar-refractivity contribution in [1.29, 1.82) is 0 Å². The van der Waals surface area contributed by atoms with Crippen molar-refractivity contribution in [1.82, 2.24) is 9.80 Å². The van der Waals surface area contributed by atoms with E-state index in [1.165, 1.54) is 11.3 Å². The quantitative estimate of drug-likeness (QED) is 0.918. The van der Waals surface area contributed by atoms with E-state index < -0.39 is 0 Å². The van der Waals surface area contributed by atoms with Crippen LogP contribution in [0.2, 0.25) is 0 Å². The Labute approximate surface area is 135 Å². The molecule has 0 aromatic carbocycles. The number of carbonyl (C=O) groups is 2. The molecule has 1 aromatic heterocycles. The Hall–Kier alpha value is -1.40. The van der Waals surface area contributed by atoms with Crippen molar-refractivity contribution < 1.29 is 9.59 Å². The van der Waals surface area contributed by atoms with Crippen LogP contribution in [0.25, 0.3) is 0 Å². The number of carbonyl (C=O) groups excluding carboxylic acids is 2. The summed E-state index contributed by atoms with van der Waals surface area (Å²) in [6, 6.07) is 3.44. The number of piperidine rings is 1. The standard InChI is InChI=1S/C16H23N3O2S/c17-11-12-5-8-18(9-6-12)15(20)13-3-1-7-19(13)16(21)14-4-2-10-22-14/h2,4,10,12-13H,1,3,5-9,11,17H2. The Balaban J connectivity index is 1.65. The van der Waals surface area contributed by atoms with Gasteiger partial charge in [0.25, 0.3) is 5.91 Å². The molecule has 120 valence electrons. The van der Waals surface area contributed by atoms with Gasteiger partial charge in [0, 0.05) is 19.6 Å². The van der Waals surface area contributed by atoms with Gasteiger partial charge in [0.2, 0.25) is 5.91 Å². The van der Waals surface area contributed by atoms with Crippen molar-refractivity contribution in [2.45, 2.75) is 31.7 Å². The lowest BCUT2D eigenvalue weighted by molar-refractivity contribution is -0.136. The van der Waals surface area contributed by atoms with E-state index in [9.17, 15) is 9.59 Å². The van der Waals surface area contributed by atoms with Gasteiger partial charge < -0.3 is 15.5 Å². The van der Waals surface area contributed by atoms with Gasteiger partial charge in [-0.05, 0) is 49.6 Å². The van der Waals surface area contributed by atoms with Crippen molar-refractivity contribution >= 4 is 23.2 Å². The van der Waals surface area contributed by atoms with E-state index in [0.29, 0.717) is 19.0 Å². The van der Waals surface area contributed by atoms with E-state index in [0.717, 1.165) is 43.6 Å². The molecule has 5 nitrogen and oxygen atoms in total. The zero-order valence-corrected chi connectivity index (χ0v) is 13.6. The molecule has 1 atom stereocenters. The van der Waals surface area contributed by atoms with E-state index >= 15 is 0 Å². The number of amides is 2. The first-order chi connectivity index (χ1) is 10.7. The lowest BCUT2D eigenvalue weighted by Gasteiger charge is -2.35. The van der Waals surface area contributed by atoms with Gasteiger partial charge >= 0.3 is 0 Å². The van der Waals surface area contributed by atoms with Crippen molar-refractivity contribution in [2.24, 2.45) is 11.7 Å². The van der Waals surface area contributed by atoms with Crippen LogP contribution in [0.4, 0.5) is 0 Å². The molecule has 0 spiro atoms. The minimum atomic E-state index is -0.274. The second-order valence-electron chi connectivity index (χ2n) is 6.14. The van der Waals surface area contributed by atoms with Gasteiger partial charge in [0.1, 0.15) is 6.04 Å². The number of hydrogen-bond acceptors (Lipinski definition) is 4. The summed E-state index contributed by atoms with van der Waals surface area (Å²) in [4.78, 5) is 29.8. The first-order valence-corrected chi connectivity index (χ1v) is 8.92. The van der Waals surface area contributed by atoms with Gasteiger partial charge in [-0.2, -0.15) is 0 Å². The largest absolute Gasteiger partial charge is 0.341 e. The summed E-state index contributed by atoms with van der Waals surface area (Å²) in [6.45, 7) is 2.94. The maximum atomic E-state index is 12.8. The number of thiophene rings is 1. The molecule has 1 unspecified atom stereocenters. The summed E-state index contributed by atoms with van der Waals surface area (Å²) in [5.74, 6) is 0.664. The summed E-state index contributed by atoms with van der Waals surface area (Å²) >= 11 is 1.44. The van der Waals surface area contributed by atoms with Gasteiger partial charge in [0.05, 0.1) is 4.88 Å². The highest BCUT2D eigenvalue weighted by molar-refractivity contribution is 7.12. The number of likely N-dealkylation sites (tertiary alicyclic amines) is 2. The van der Waals surface area contributed by atoms with E-state index in [1.54, 1.807) is 4.90 Å². The molecule has 1 aromatic rings. The molecule has 3 rings (SSSR count). The van der Waals surface area contributed by atoms with Crippen LogP contribution >= 0.6 is 11.3 Å². The molecule has 0 aliphatic carbocycles. The molecule has 2 saturated heterocycles.